The van der Waals surface area contributed by atoms with E-state index in [2.05, 4.69) is 5.32 Å². The second kappa shape index (κ2) is 5.06. The average Bonchev–Trinajstić information content (AvgIpc) is 2.78. The zero-order valence-electron chi connectivity index (χ0n) is 9.26. The molecular formula is C12H14F3NO. The molecule has 1 aliphatic heterocycles. The highest BCUT2D eigenvalue weighted by molar-refractivity contribution is 5.25. The molecule has 5 heteroatoms. The Hall–Kier alpha value is -1.07. The van der Waals surface area contributed by atoms with Gasteiger partial charge in [-0.25, -0.2) is 0 Å². The van der Waals surface area contributed by atoms with Crippen LogP contribution in [0.1, 0.15) is 17.5 Å². The standard InChI is InChI=1S/C12H14F3NO/c13-12(14,15)10-3-1-2-9(6-10)7-16-11-4-5-17-8-11/h1-3,6,11,16H,4-5,7-8H2. The van der Waals surface area contributed by atoms with Gasteiger partial charge in [0.2, 0.25) is 0 Å². The lowest BCUT2D eigenvalue weighted by Crippen LogP contribution is -2.28. The lowest BCUT2D eigenvalue weighted by atomic mass is 10.1. The Morgan fingerprint density at radius 3 is 2.82 bits per heavy atom. The van der Waals surface area contributed by atoms with Crippen LogP contribution in [0.15, 0.2) is 24.3 Å². The van der Waals surface area contributed by atoms with Crippen LogP contribution in [0.5, 0.6) is 0 Å². The molecule has 0 spiro atoms. The van der Waals surface area contributed by atoms with Crippen molar-refractivity contribution in [2.24, 2.45) is 0 Å². The van der Waals surface area contributed by atoms with Crippen molar-refractivity contribution in [1.82, 2.24) is 5.32 Å². The first-order chi connectivity index (χ1) is 8.05. The van der Waals surface area contributed by atoms with Gasteiger partial charge >= 0.3 is 6.18 Å². The van der Waals surface area contributed by atoms with Crippen molar-refractivity contribution >= 4 is 0 Å². The van der Waals surface area contributed by atoms with Crippen molar-refractivity contribution in [3.63, 3.8) is 0 Å². The molecule has 17 heavy (non-hydrogen) atoms. The third-order valence-corrected chi connectivity index (χ3v) is 2.78. The molecule has 1 saturated heterocycles. The van der Waals surface area contributed by atoms with Crippen LogP contribution in [-0.4, -0.2) is 19.3 Å². The van der Waals surface area contributed by atoms with Gasteiger partial charge in [0.1, 0.15) is 0 Å². The van der Waals surface area contributed by atoms with Gasteiger partial charge in [-0.2, -0.15) is 13.2 Å². The van der Waals surface area contributed by atoms with Crippen LogP contribution in [0.3, 0.4) is 0 Å². The Balaban J connectivity index is 1.96. The summed E-state index contributed by atoms with van der Waals surface area (Å²) in [5.41, 5.74) is 0.0474. The average molecular weight is 245 g/mol. The lowest BCUT2D eigenvalue weighted by molar-refractivity contribution is -0.137. The summed E-state index contributed by atoms with van der Waals surface area (Å²) < 4.78 is 42.6. The number of rotatable bonds is 3. The maximum Gasteiger partial charge on any atom is 0.416 e. The topological polar surface area (TPSA) is 21.3 Å². The molecule has 0 aliphatic carbocycles. The zero-order chi connectivity index (χ0) is 12.3. The fraction of sp³-hybridized carbons (Fsp3) is 0.500. The van der Waals surface area contributed by atoms with E-state index in [9.17, 15) is 13.2 Å². The molecule has 0 radical (unpaired) electrons. The SMILES string of the molecule is FC(F)(F)c1cccc(CNC2CCOC2)c1. The normalized spacial score (nSPS) is 20.8. The smallest absolute Gasteiger partial charge is 0.380 e. The number of ether oxygens (including phenoxy) is 1. The van der Waals surface area contributed by atoms with E-state index in [0.717, 1.165) is 19.1 Å². The van der Waals surface area contributed by atoms with E-state index in [-0.39, 0.29) is 6.04 Å². The van der Waals surface area contributed by atoms with Crippen LogP contribution in [0, 0.1) is 0 Å². The van der Waals surface area contributed by atoms with E-state index >= 15 is 0 Å². The molecule has 0 bridgehead atoms. The highest BCUT2D eigenvalue weighted by Gasteiger charge is 2.30. The molecule has 1 fully saturated rings. The number of nitrogens with one attached hydrogen (secondary N) is 1. The van der Waals surface area contributed by atoms with Gasteiger partial charge in [-0.3, -0.25) is 0 Å². The molecule has 0 saturated carbocycles. The van der Waals surface area contributed by atoms with Gasteiger partial charge in [0.05, 0.1) is 12.2 Å². The molecular weight excluding hydrogens is 231 g/mol. The number of halogens is 3. The van der Waals surface area contributed by atoms with Gasteiger partial charge in [-0.05, 0) is 18.1 Å². The molecule has 1 atom stereocenters. The van der Waals surface area contributed by atoms with E-state index in [1.165, 1.54) is 12.1 Å². The minimum absolute atomic E-state index is 0.254. The lowest BCUT2D eigenvalue weighted by Gasteiger charge is -2.12. The van der Waals surface area contributed by atoms with Gasteiger partial charge in [0, 0.05) is 19.2 Å². The van der Waals surface area contributed by atoms with Gasteiger partial charge in [0.25, 0.3) is 0 Å². The monoisotopic (exact) mass is 245 g/mol. The Morgan fingerprint density at radius 2 is 2.18 bits per heavy atom. The van der Waals surface area contributed by atoms with Crippen LogP contribution < -0.4 is 5.32 Å². The van der Waals surface area contributed by atoms with Crippen molar-refractivity contribution in [3.05, 3.63) is 35.4 Å². The van der Waals surface area contributed by atoms with Crippen LogP contribution in [0.25, 0.3) is 0 Å². The van der Waals surface area contributed by atoms with Crippen molar-refractivity contribution < 1.29 is 17.9 Å². The third-order valence-electron chi connectivity index (χ3n) is 2.78. The minimum Gasteiger partial charge on any atom is -0.380 e. The molecule has 2 rings (SSSR count). The summed E-state index contributed by atoms with van der Waals surface area (Å²) in [6.45, 7) is 1.80. The number of hydrogen-bond acceptors (Lipinski definition) is 2. The fourth-order valence-corrected chi connectivity index (χ4v) is 1.82. The second-order valence-electron chi connectivity index (χ2n) is 4.14. The summed E-state index contributed by atoms with van der Waals surface area (Å²) >= 11 is 0. The minimum atomic E-state index is -4.27. The number of alkyl halides is 3. The summed E-state index contributed by atoms with van der Waals surface area (Å²) in [6, 6.07) is 5.65. The van der Waals surface area contributed by atoms with Crippen molar-refractivity contribution in [3.8, 4) is 0 Å². The first-order valence-corrected chi connectivity index (χ1v) is 5.53. The maximum atomic E-state index is 12.5. The Morgan fingerprint density at radius 1 is 1.35 bits per heavy atom. The molecule has 0 amide bonds. The fourth-order valence-electron chi connectivity index (χ4n) is 1.82. The first kappa shape index (κ1) is 12.4. The van der Waals surface area contributed by atoms with Gasteiger partial charge in [-0.15, -0.1) is 0 Å². The molecule has 1 aromatic rings. The zero-order valence-corrected chi connectivity index (χ0v) is 9.26. The summed E-state index contributed by atoms with van der Waals surface area (Å²) in [6.07, 6.45) is -3.36. The van der Waals surface area contributed by atoms with Crippen molar-refractivity contribution in [2.45, 2.75) is 25.2 Å². The quantitative estimate of drug-likeness (QED) is 0.883. The molecule has 1 heterocycles. The van der Waals surface area contributed by atoms with Gasteiger partial charge in [-0.1, -0.05) is 18.2 Å². The van der Waals surface area contributed by atoms with Crippen molar-refractivity contribution in [1.29, 1.82) is 0 Å². The van der Waals surface area contributed by atoms with E-state index < -0.39 is 11.7 Å². The predicted molar refractivity (Wildman–Crippen MR) is 57.5 cm³/mol. The predicted octanol–water partition coefficient (Wildman–Crippen LogP) is 2.58. The van der Waals surface area contributed by atoms with Crippen LogP contribution in [-0.2, 0) is 17.5 Å². The Labute approximate surface area is 97.8 Å². The summed E-state index contributed by atoms with van der Waals surface area (Å²) in [5.74, 6) is 0. The molecule has 1 unspecified atom stereocenters. The summed E-state index contributed by atoms with van der Waals surface area (Å²) in [4.78, 5) is 0. The Kier molecular flexibility index (Phi) is 3.69. The van der Waals surface area contributed by atoms with Crippen molar-refractivity contribution in [2.75, 3.05) is 13.2 Å². The van der Waals surface area contributed by atoms with E-state index in [0.29, 0.717) is 18.7 Å². The van der Waals surface area contributed by atoms with Gasteiger partial charge in [0.15, 0.2) is 0 Å². The molecule has 2 nitrogen and oxygen atoms in total. The van der Waals surface area contributed by atoms with E-state index in [1.54, 1.807) is 6.07 Å². The highest BCUT2D eigenvalue weighted by atomic mass is 19.4. The molecule has 1 aromatic carbocycles. The first-order valence-electron chi connectivity index (χ1n) is 5.53. The van der Waals surface area contributed by atoms with E-state index in [4.69, 9.17) is 4.74 Å². The highest BCUT2D eigenvalue weighted by Crippen LogP contribution is 2.29. The molecule has 94 valence electrons. The summed E-state index contributed by atoms with van der Waals surface area (Å²) in [7, 11) is 0. The largest absolute Gasteiger partial charge is 0.416 e. The van der Waals surface area contributed by atoms with E-state index in [1.807, 2.05) is 0 Å². The Bertz CT molecular complexity index is 372. The summed E-state index contributed by atoms with van der Waals surface area (Å²) in [5, 5.41) is 3.18. The maximum absolute atomic E-state index is 12.5. The third kappa shape index (κ3) is 3.44. The molecule has 1 aliphatic rings. The number of hydrogen-bond donors (Lipinski definition) is 1. The van der Waals surface area contributed by atoms with Gasteiger partial charge < -0.3 is 10.1 Å². The molecule has 0 aromatic heterocycles. The second-order valence-corrected chi connectivity index (χ2v) is 4.14. The van der Waals surface area contributed by atoms with Crippen LogP contribution in [0.4, 0.5) is 13.2 Å². The van der Waals surface area contributed by atoms with Crippen LogP contribution in [0.2, 0.25) is 0 Å². The molecule has 1 N–H and O–H groups in total. The number of benzene rings is 1. The van der Waals surface area contributed by atoms with Crippen LogP contribution >= 0.6 is 0 Å².